The zero-order valence-corrected chi connectivity index (χ0v) is 17.4. The van der Waals surface area contributed by atoms with E-state index in [0.717, 1.165) is 21.0 Å². The van der Waals surface area contributed by atoms with Gasteiger partial charge in [-0.1, -0.05) is 23.8 Å². The second-order valence-electron chi connectivity index (χ2n) is 6.60. The fraction of sp³-hybridized carbons (Fsp3) is 0.300. The van der Waals surface area contributed by atoms with E-state index < -0.39 is 21.9 Å². The number of sulfonamides is 1. The molecule has 0 bridgehead atoms. The summed E-state index contributed by atoms with van der Waals surface area (Å²) < 4.78 is 31.1. The van der Waals surface area contributed by atoms with Gasteiger partial charge >= 0.3 is 5.97 Å². The van der Waals surface area contributed by atoms with E-state index in [0.29, 0.717) is 5.69 Å². The molecule has 2 aromatic carbocycles. The maximum absolute atomic E-state index is 12.8. The third-order valence-electron chi connectivity index (χ3n) is 4.27. The molecule has 1 N–H and O–H groups in total. The molecule has 0 saturated heterocycles. The Kier molecular flexibility index (Phi) is 6.58. The Morgan fingerprint density at radius 1 is 1.07 bits per heavy atom. The number of anilines is 1. The molecule has 8 heteroatoms. The van der Waals surface area contributed by atoms with Crippen molar-refractivity contribution in [2.24, 2.45) is 0 Å². The summed E-state index contributed by atoms with van der Waals surface area (Å²) in [6, 6.07) is 9.39. The van der Waals surface area contributed by atoms with Crippen LogP contribution in [0.15, 0.2) is 41.3 Å². The molecule has 2 aromatic rings. The summed E-state index contributed by atoms with van der Waals surface area (Å²) >= 11 is 0. The minimum Gasteiger partial charge on any atom is -0.465 e. The van der Waals surface area contributed by atoms with E-state index in [4.69, 9.17) is 0 Å². The van der Waals surface area contributed by atoms with Gasteiger partial charge in [-0.25, -0.2) is 13.2 Å². The zero-order valence-electron chi connectivity index (χ0n) is 16.6. The van der Waals surface area contributed by atoms with E-state index in [1.54, 1.807) is 0 Å². The van der Waals surface area contributed by atoms with E-state index in [-0.39, 0.29) is 17.0 Å². The maximum Gasteiger partial charge on any atom is 0.337 e. The number of methoxy groups -OCH3 is 1. The van der Waals surface area contributed by atoms with Crippen LogP contribution in [0, 0.1) is 20.8 Å². The average Bonchev–Trinajstić information content (AvgIpc) is 2.64. The van der Waals surface area contributed by atoms with Gasteiger partial charge in [-0.2, -0.15) is 4.31 Å². The lowest BCUT2D eigenvalue weighted by atomic mass is 10.1. The second-order valence-corrected chi connectivity index (χ2v) is 8.65. The van der Waals surface area contributed by atoms with Crippen LogP contribution in [0.25, 0.3) is 0 Å². The Morgan fingerprint density at radius 3 is 2.25 bits per heavy atom. The second kappa shape index (κ2) is 8.53. The van der Waals surface area contributed by atoms with Crippen LogP contribution in [-0.2, 0) is 19.6 Å². The third kappa shape index (κ3) is 4.76. The molecule has 28 heavy (non-hydrogen) atoms. The maximum atomic E-state index is 12.8. The highest BCUT2D eigenvalue weighted by Crippen LogP contribution is 2.22. The van der Waals surface area contributed by atoms with Crippen LogP contribution in [0.2, 0.25) is 0 Å². The van der Waals surface area contributed by atoms with Crippen LogP contribution in [0.5, 0.6) is 0 Å². The van der Waals surface area contributed by atoms with Crippen molar-refractivity contribution in [1.29, 1.82) is 0 Å². The number of aryl methyl sites for hydroxylation is 3. The van der Waals surface area contributed by atoms with Crippen molar-refractivity contribution < 1.29 is 22.7 Å². The van der Waals surface area contributed by atoms with Crippen molar-refractivity contribution in [3.63, 3.8) is 0 Å². The van der Waals surface area contributed by atoms with Gasteiger partial charge in [0.05, 0.1) is 24.1 Å². The molecular weight excluding hydrogens is 380 g/mol. The largest absolute Gasteiger partial charge is 0.465 e. The molecule has 0 aromatic heterocycles. The number of hydrogen-bond acceptors (Lipinski definition) is 5. The lowest BCUT2D eigenvalue weighted by Crippen LogP contribution is -2.35. The first kappa shape index (κ1) is 21.6. The van der Waals surface area contributed by atoms with Crippen molar-refractivity contribution in [2.45, 2.75) is 25.7 Å². The number of benzene rings is 2. The van der Waals surface area contributed by atoms with Gasteiger partial charge < -0.3 is 10.1 Å². The standard InChI is InChI=1S/C20H24N2O5S/c1-13-9-14(2)19(15(3)10-13)21-18(23)12-22(4)28(25,26)17-8-6-7-16(11-17)20(24)27-5/h6-11H,12H2,1-5H3,(H,21,23). The molecule has 1 amide bonds. The van der Waals surface area contributed by atoms with Crippen molar-refractivity contribution in [3.05, 3.63) is 58.7 Å². The number of ether oxygens (including phenoxy) is 1. The normalized spacial score (nSPS) is 11.4. The average molecular weight is 404 g/mol. The van der Waals surface area contributed by atoms with Crippen molar-refractivity contribution in [3.8, 4) is 0 Å². The number of nitrogens with zero attached hydrogens (tertiary/aromatic N) is 1. The van der Waals surface area contributed by atoms with Gasteiger partial charge in [-0.3, -0.25) is 4.79 Å². The molecule has 0 aliphatic heterocycles. The fourth-order valence-electron chi connectivity index (χ4n) is 2.92. The molecule has 7 nitrogen and oxygen atoms in total. The Hall–Kier alpha value is -2.71. The molecule has 0 aliphatic rings. The van der Waals surface area contributed by atoms with E-state index in [1.165, 1.54) is 38.4 Å². The van der Waals surface area contributed by atoms with Crippen LogP contribution in [-0.4, -0.2) is 45.3 Å². The van der Waals surface area contributed by atoms with Gasteiger partial charge in [-0.05, 0) is 50.1 Å². The van der Waals surface area contributed by atoms with Crippen LogP contribution in [0.3, 0.4) is 0 Å². The van der Waals surface area contributed by atoms with Gasteiger partial charge in [-0.15, -0.1) is 0 Å². The van der Waals surface area contributed by atoms with Crippen molar-refractivity contribution in [2.75, 3.05) is 26.0 Å². The number of rotatable bonds is 6. The van der Waals surface area contributed by atoms with E-state index in [9.17, 15) is 18.0 Å². The Labute approximate surface area is 165 Å². The monoisotopic (exact) mass is 404 g/mol. The Balaban J connectivity index is 2.18. The highest BCUT2D eigenvalue weighted by molar-refractivity contribution is 7.89. The minimum absolute atomic E-state index is 0.0894. The summed E-state index contributed by atoms with van der Waals surface area (Å²) in [6.07, 6.45) is 0. The highest BCUT2D eigenvalue weighted by Gasteiger charge is 2.24. The van der Waals surface area contributed by atoms with Gasteiger partial charge in [0.25, 0.3) is 0 Å². The first-order chi connectivity index (χ1) is 13.1. The quantitative estimate of drug-likeness (QED) is 0.747. The molecule has 0 fully saturated rings. The number of carbonyl (C=O) groups excluding carboxylic acids is 2. The number of nitrogens with one attached hydrogen (secondary N) is 1. The van der Waals surface area contributed by atoms with E-state index in [2.05, 4.69) is 10.1 Å². The molecule has 0 saturated carbocycles. The van der Waals surface area contributed by atoms with Gasteiger partial charge in [0.15, 0.2) is 0 Å². The van der Waals surface area contributed by atoms with E-state index in [1.807, 2.05) is 32.9 Å². The van der Waals surface area contributed by atoms with Crippen LogP contribution in [0.1, 0.15) is 27.0 Å². The van der Waals surface area contributed by atoms with Crippen LogP contribution < -0.4 is 5.32 Å². The highest BCUT2D eigenvalue weighted by atomic mass is 32.2. The van der Waals surface area contributed by atoms with Gasteiger partial charge in [0.1, 0.15) is 0 Å². The summed E-state index contributed by atoms with van der Waals surface area (Å²) in [5.74, 6) is -1.09. The molecule has 2 rings (SSSR count). The minimum atomic E-state index is -3.95. The molecule has 0 aliphatic carbocycles. The summed E-state index contributed by atoms with van der Waals surface area (Å²) in [5, 5.41) is 2.78. The summed E-state index contributed by atoms with van der Waals surface area (Å²) in [5.41, 5.74) is 3.68. The topological polar surface area (TPSA) is 92.8 Å². The van der Waals surface area contributed by atoms with Gasteiger partial charge in [0, 0.05) is 12.7 Å². The predicted octanol–water partition coefficient (Wildman–Crippen LogP) is 2.66. The predicted molar refractivity (Wildman–Crippen MR) is 107 cm³/mol. The summed E-state index contributed by atoms with van der Waals surface area (Å²) in [7, 11) is -1.42. The van der Waals surface area contributed by atoms with Crippen LogP contribution in [0.4, 0.5) is 5.69 Å². The van der Waals surface area contributed by atoms with Crippen molar-refractivity contribution in [1.82, 2.24) is 4.31 Å². The van der Waals surface area contributed by atoms with Gasteiger partial charge in [0.2, 0.25) is 15.9 Å². The fourth-order valence-corrected chi connectivity index (χ4v) is 4.10. The first-order valence-electron chi connectivity index (χ1n) is 8.58. The SMILES string of the molecule is COC(=O)c1cccc(S(=O)(=O)N(C)CC(=O)Nc2c(C)cc(C)cc2C)c1. The zero-order chi connectivity index (χ0) is 21.1. The number of likely N-dealkylation sites (N-methyl/N-ethyl adjacent to an activating group) is 1. The molecule has 0 atom stereocenters. The van der Waals surface area contributed by atoms with Crippen molar-refractivity contribution >= 4 is 27.6 Å². The molecular formula is C20H24N2O5S. The number of hydrogen-bond donors (Lipinski definition) is 1. The lowest BCUT2D eigenvalue weighted by molar-refractivity contribution is -0.116. The molecule has 0 radical (unpaired) electrons. The number of carbonyl (C=O) groups is 2. The van der Waals surface area contributed by atoms with E-state index >= 15 is 0 Å². The van der Waals surface area contributed by atoms with Crippen LogP contribution >= 0.6 is 0 Å². The Morgan fingerprint density at radius 2 is 1.68 bits per heavy atom. The Bertz CT molecular complexity index is 992. The summed E-state index contributed by atoms with van der Waals surface area (Å²) in [6.45, 7) is 5.37. The number of amides is 1. The summed E-state index contributed by atoms with van der Waals surface area (Å²) in [4.78, 5) is 24.0. The molecule has 0 unspecified atom stereocenters. The molecule has 0 spiro atoms. The smallest absolute Gasteiger partial charge is 0.337 e. The molecule has 0 heterocycles. The molecule has 150 valence electrons. The lowest BCUT2D eigenvalue weighted by Gasteiger charge is -2.18. The number of esters is 1. The third-order valence-corrected chi connectivity index (χ3v) is 6.07. The first-order valence-corrected chi connectivity index (χ1v) is 10.0.